The van der Waals surface area contributed by atoms with E-state index in [2.05, 4.69) is 11.2 Å². The number of carbonyl (C=O) groups is 1. The second kappa shape index (κ2) is 5.75. The molecule has 62 valence electrons. The Morgan fingerprint density at radius 2 is 2.45 bits per heavy atom. The number of terminal acetylenes is 1. The predicted molar refractivity (Wildman–Crippen MR) is 42.8 cm³/mol. The van der Waals surface area contributed by atoms with E-state index in [1.165, 1.54) is 0 Å². The van der Waals surface area contributed by atoms with E-state index < -0.39 is 6.10 Å². The summed E-state index contributed by atoms with van der Waals surface area (Å²) in [5, 5.41) is 11.5. The van der Waals surface area contributed by atoms with Gasteiger partial charge < -0.3 is 10.4 Å². The molecule has 0 aromatic rings. The number of amides is 1. The van der Waals surface area contributed by atoms with Crippen LogP contribution in [0.25, 0.3) is 0 Å². The highest BCUT2D eigenvalue weighted by molar-refractivity contribution is 5.78. The summed E-state index contributed by atoms with van der Waals surface area (Å²) in [6.45, 7) is 2.13. The molecule has 0 aliphatic rings. The molecule has 0 fully saturated rings. The Hall–Kier alpha value is -1.01. The van der Waals surface area contributed by atoms with Gasteiger partial charge in [-0.25, -0.2) is 0 Å². The highest BCUT2D eigenvalue weighted by Gasteiger charge is 2.02. The third-order valence-electron chi connectivity index (χ3n) is 1.27. The van der Waals surface area contributed by atoms with Gasteiger partial charge in [0.1, 0.15) is 0 Å². The van der Waals surface area contributed by atoms with Crippen LogP contribution in [-0.4, -0.2) is 23.7 Å². The normalized spacial score (nSPS) is 11.7. The maximum atomic E-state index is 10.7. The van der Waals surface area contributed by atoms with Gasteiger partial charge in [-0.15, -0.1) is 6.42 Å². The Balaban J connectivity index is 3.39. The number of aliphatic hydroxyl groups excluding tert-OH is 1. The van der Waals surface area contributed by atoms with Crippen molar-refractivity contribution in [1.29, 1.82) is 0 Å². The molecule has 0 heterocycles. The van der Waals surface area contributed by atoms with Gasteiger partial charge in [-0.3, -0.25) is 4.79 Å². The molecule has 0 rings (SSSR count). The third-order valence-corrected chi connectivity index (χ3v) is 1.27. The largest absolute Gasteiger partial charge is 0.391 e. The average Bonchev–Trinajstić information content (AvgIpc) is 2.01. The second-order valence-electron chi connectivity index (χ2n) is 2.25. The van der Waals surface area contributed by atoms with Gasteiger partial charge in [-0.05, 0) is 6.42 Å². The van der Waals surface area contributed by atoms with Gasteiger partial charge in [0.15, 0.2) is 0 Å². The highest BCUT2D eigenvalue weighted by Crippen LogP contribution is 1.86. The van der Waals surface area contributed by atoms with E-state index in [4.69, 9.17) is 11.5 Å². The van der Waals surface area contributed by atoms with Crippen LogP contribution in [0.1, 0.15) is 19.8 Å². The van der Waals surface area contributed by atoms with Crippen molar-refractivity contribution in [3.05, 3.63) is 0 Å². The van der Waals surface area contributed by atoms with Crippen molar-refractivity contribution < 1.29 is 9.90 Å². The lowest BCUT2D eigenvalue weighted by molar-refractivity contribution is -0.120. The Morgan fingerprint density at radius 3 is 2.91 bits per heavy atom. The minimum atomic E-state index is -0.461. The number of nitrogens with one attached hydrogen (secondary N) is 1. The topological polar surface area (TPSA) is 49.3 Å². The van der Waals surface area contributed by atoms with Crippen LogP contribution >= 0.6 is 0 Å². The summed E-state index contributed by atoms with van der Waals surface area (Å²) in [5.74, 6) is 2.01. The molecule has 1 unspecified atom stereocenters. The molecule has 0 bridgehead atoms. The molecule has 11 heavy (non-hydrogen) atoms. The summed E-state index contributed by atoms with van der Waals surface area (Å²) in [7, 11) is 0. The van der Waals surface area contributed by atoms with Crippen LogP contribution in [0.5, 0.6) is 0 Å². The molecule has 0 aromatic heterocycles. The Bertz CT molecular complexity index is 160. The predicted octanol–water partition coefficient (Wildman–Crippen LogP) is -0.103. The SMILES string of the molecule is C#CCC(=O)NCC(O)CC. The molecule has 0 saturated carbocycles. The zero-order chi connectivity index (χ0) is 8.69. The average molecular weight is 155 g/mol. The molecule has 2 N–H and O–H groups in total. The standard InChI is InChI=1S/C8H13NO2/c1-3-5-8(11)9-6-7(10)4-2/h1,7,10H,4-6H2,2H3,(H,9,11). The van der Waals surface area contributed by atoms with Crippen molar-refractivity contribution >= 4 is 5.91 Å². The molecule has 0 radical (unpaired) electrons. The second-order valence-corrected chi connectivity index (χ2v) is 2.25. The molecule has 0 aromatic carbocycles. The molecule has 0 spiro atoms. The van der Waals surface area contributed by atoms with E-state index >= 15 is 0 Å². The van der Waals surface area contributed by atoms with Crippen molar-refractivity contribution in [2.24, 2.45) is 0 Å². The monoisotopic (exact) mass is 155 g/mol. The molecule has 0 aliphatic heterocycles. The molecule has 0 aliphatic carbocycles. The summed E-state index contributed by atoms with van der Waals surface area (Å²) in [4.78, 5) is 10.7. The first-order valence-corrected chi connectivity index (χ1v) is 3.59. The van der Waals surface area contributed by atoms with Crippen molar-refractivity contribution in [3.63, 3.8) is 0 Å². The number of hydrogen-bond donors (Lipinski definition) is 2. The maximum Gasteiger partial charge on any atom is 0.232 e. The molecule has 1 atom stereocenters. The van der Waals surface area contributed by atoms with Crippen LogP contribution in [0.15, 0.2) is 0 Å². The summed E-state index contributed by atoms with van der Waals surface area (Å²) in [6.07, 6.45) is 5.15. The molecular formula is C8H13NO2. The van der Waals surface area contributed by atoms with Gasteiger partial charge in [0.2, 0.25) is 5.91 Å². The van der Waals surface area contributed by atoms with E-state index in [0.29, 0.717) is 6.42 Å². The lowest BCUT2D eigenvalue weighted by Crippen LogP contribution is -2.31. The number of aliphatic hydroxyl groups is 1. The first-order valence-electron chi connectivity index (χ1n) is 3.59. The van der Waals surface area contributed by atoms with E-state index in [0.717, 1.165) is 0 Å². The van der Waals surface area contributed by atoms with Gasteiger partial charge in [0.25, 0.3) is 0 Å². The van der Waals surface area contributed by atoms with E-state index in [1.807, 2.05) is 6.92 Å². The summed E-state index contributed by atoms with van der Waals surface area (Å²) >= 11 is 0. The van der Waals surface area contributed by atoms with E-state index in [1.54, 1.807) is 0 Å². The van der Waals surface area contributed by atoms with Crippen LogP contribution < -0.4 is 5.32 Å². The third kappa shape index (κ3) is 5.43. The molecular weight excluding hydrogens is 142 g/mol. The van der Waals surface area contributed by atoms with Crippen LogP contribution in [0.4, 0.5) is 0 Å². The fourth-order valence-electron chi connectivity index (χ4n) is 0.531. The van der Waals surface area contributed by atoms with Gasteiger partial charge in [-0.2, -0.15) is 0 Å². The number of hydrogen-bond acceptors (Lipinski definition) is 2. The first-order chi connectivity index (χ1) is 5.20. The lowest BCUT2D eigenvalue weighted by atomic mass is 10.3. The Morgan fingerprint density at radius 1 is 1.82 bits per heavy atom. The van der Waals surface area contributed by atoms with Crippen LogP contribution in [0.3, 0.4) is 0 Å². The van der Waals surface area contributed by atoms with Crippen molar-refractivity contribution in [2.45, 2.75) is 25.9 Å². The Labute approximate surface area is 66.8 Å². The molecule has 3 heteroatoms. The van der Waals surface area contributed by atoms with Gasteiger partial charge in [0, 0.05) is 6.54 Å². The van der Waals surface area contributed by atoms with Gasteiger partial charge >= 0.3 is 0 Å². The molecule has 0 saturated heterocycles. The minimum absolute atomic E-state index is 0.0798. The smallest absolute Gasteiger partial charge is 0.232 e. The summed E-state index contributed by atoms with van der Waals surface area (Å²) < 4.78 is 0. The van der Waals surface area contributed by atoms with Crippen molar-refractivity contribution in [2.75, 3.05) is 6.54 Å². The van der Waals surface area contributed by atoms with Crippen LogP contribution in [0.2, 0.25) is 0 Å². The fraction of sp³-hybridized carbons (Fsp3) is 0.625. The quantitative estimate of drug-likeness (QED) is 0.557. The van der Waals surface area contributed by atoms with Gasteiger partial charge in [-0.1, -0.05) is 12.8 Å². The van der Waals surface area contributed by atoms with Crippen LogP contribution in [0, 0.1) is 12.3 Å². The Kier molecular flexibility index (Phi) is 5.22. The zero-order valence-electron chi connectivity index (χ0n) is 6.63. The fourth-order valence-corrected chi connectivity index (χ4v) is 0.531. The van der Waals surface area contributed by atoms with E-state index in [9.17, 15) is 4.79 Å². The molecule has 1 amide bonds. The van der Waals surface area contributed by atoms with Gasteiger partial charge in [0.05, 0.1) is 12.5 Å². The van der Waals surface area contributed by atoms with Crippen molar-refractivity contribution in [3.8, 4) is 12.3 Å². The van der Waals surface area contributed by atoms with Crippen LogP contribution in [-0.2, 0) is 4.79 Å². The number of rotatable bonds is 4. The first kappa shape index (κ1) is 9.99. The van der Waals surface area contributed by atoms with Crippen molar-refractivity contribution in [1.82, 2.24) is 5.32 Å². The lowest BCUT2D eigenvalue weighted by Gasteiger charge is -2.07. The summed E-state index contributed by atoms with van der Waals surface area (Å²) in [5.41, 5.74) is 0. The highest BCUT2D eigenvalue weighted by atomic mass is 16.3. The minimum Gasteiger partial charge on any atom is -0.391 e. The number of carbonyl (C=O) groups excluding carboxylic acids is 1. The summed E-state index contributed by atoms with van der Waals surface area (Å²) in [6, 6.07) is 0. The zero-order valence-corrected chi connectivity index (χ0v) is 6.63. The maximum absolute atomic E-state index is 10.7. The molecule has 3 nitrogen and oxygen atoms in total. The van der Waals surface area contributed by atoms with E-state index in [-0.39, 0.29) is 18.9 Å².